The summed E-state index contributed by atoms with van der Waals surface area (Å²) in [5.74, 6) is 0.301. The van der Waals surface area contributed by atoms with Crippen molar-refractivity contribution in [3.8, 4) is 11.5 Å². The molecule has 2 aromatic carbocycles. The third kappa shape index (κ3) is 4.68. The van der Waals surface area contributed by atoms with Crippen molar-refractivity contribution < 1.29 is 17.2 Å². The van der Waals surface area contributed by atoms with Crippen molar-refractivity contribution in [2.75, 3.05) is 18.4 Å². The van der Waals surface area contributed by atoms with E-state index in [0.717, 1.165) is 25.7 Å². The van der Waals surface area contributed by atoms with E-state index in [1.165, 1.54) is 12.1 Å². The van der Waals surface area contributed by atoms with Crippen LogP contribution in [-0.2, 0) is 16.6 Å². The number of aromatic nitrogens is 2. The lowest BCUT2D eigenvalue weighted by Crippen LogP contribution is -2.31. The van der Waals surface area contributed by atoms with Gasteiger partial charge in [0.1, 0.15) is 5.82 Å². The molecule has 4 rings (SSSR count). The molecule has 1 aromatic heterocycles. The van der Waals surface area contributed by atoms with Crippen LogP contribution in [0.2, 0.25) is 0 Å². The summed E-state index contributed by atoms with van der Waals surface area (Å²) < 4.78 is 46.2. The van der Waals surface area contributed by atoms with Crippen molar-refractivity contribution in [3.05, 3.63) is 60.2 Å². The highest BCUT2D eigenvalue weighted by atomic mass is 32.2. The number of anilines is 1. The Labute approximate surface area is 175 Å². The van der Waals surface area contributed by atoms with E-state index in [1.54, 1.807) is 40.7 Å². The maximum atomic E-state index is 13.0. The normalized spacial score (nSPS) is 15.6. The van der Waals surface area contributed by atoms with E-state index < -0.39 is 10.0 Å². The molecular formula is C21H23FN4O3S. The van der Waals surface area contributed by atoms with Gasteiger partial charge in [0.2, 0.25) is 21.8 Å². The Morgan fingerprint density at radius 3 is 2.47 bits per heavy atom. The molecule has 0 spiro atoms. The predicted octanol–water partition coefficient (Wildman–Crippen LogP) is 4.05. The number of benzene rings is 2. The minimum atomic E-state index is -3.51. The van der Waals surface area contributed by atoms with Gasteiger partial charge in [-0.05, 0) is 55.3 Å². The monoisotopic (exact) mass is 430 g/mol. The van der Waals surface area contributed by atoms with Crippen LogP contribution in [0.15, 0.2) is 57.8 Å². The molecule has 0 bridgehead atoms. The van der Waals surface area contributed by atoms with Gasteiger partial charge in [-0.15, -0.1) is 10.2 Å². The van der Waals surface area contributed by atoms with Crippen LogP contribution < -0.4 is 5.32 Å². The van der Waals surface area contributed by atoms with Gasteiger partial charge in [0.15, 0.2) is 0 Å². The fraction of sp³-hybridized carbons (Fsp3) is 0.333. The van der Waals surface area contributed by atoms with Crippen LogP contribution in [0.1, 0.15) is 31.6 Å². The molecule has 0 radical (unpaired) electrons. The first-order chi connectivity index (χ1) is 14.5. The van der Waals surface area contributed by atoms with Crippen molar-refractivity contribution in [1.29, 1.82) is 0 Å². The number of hydrogen-bond acceptors (Lipinski definition) is 6. The Balaban J connectivity index is 1.44. The Kier molecular flexibility index (Phi) is 6.10. The molecule has 0 amide bonds. The zero-order valence-corrected chi connectivity index (χ0v) is 17.2. The van der Waals surface area contributed by atoms with Crippen LogP contribution in [0.3, 0.4) is 0 Å². The zero-order chi connectivity index (χ0) is 21.0. The van der Waals surface area contributed by atoms with Crippen molar-refractivity contribution in [2.45, 2.75) is 37.1 Å². The highest BCUT2D eigenvalue weighted by Crippen LogP contribution is 2.23. The number of rotatable bonds is 6. The molecule has 1 N–H and O–H groups in total. The highest BCUT2D eigenvalue weighted by molar-refractivity contribution is 7.89. The summed E-state index contributed by atoms with van der Waals surface area (Å²) in [5.41, 5.74) is 1.27. The maximum Gasteiger partial charge on any atom is 0.247 e. The second-order valence-electron chi connectivity index (χ2n) is 7.21. The first kappa shape index (κ1) is 20.5. The van der Waals surface area contributed by atoms with E-state index >= 15 is 0 Å². The molecular weight excluding hydrogens is 407 g/mol. The van der Waals surface area contributed by atoms with E-state index in [4.69, 9.17) is 4.42 Å². The Morgan fingerprint density at radius 1 is 1.00 bits per heavy atom. The smallest absolute Gasteiger partial charge is 0.247 e. The fourth-order valence-electron chi connectivity index (χ4n) is 3.41. The molecule has 30 heavy (non-hydrogen) atoms. The van der Waals surface area contributed by atoms with Gasteiger partial charge in [0.05, 0.1) is 11.4 Å². The molecule has 0 atom stereocenters. The van der Waals surface area contributed by atoms with Crippen molar-refractivity contribution >= 4 is 15.7 Å². The van der Waals surface area contributed by atoms with Gasteiger partial charge in [-0.2, -0.15) is 4.31 Å². The lowest BCUT2D eigenvalue weighted by molar-refractivity contribution is 0.424. The second-order valence-corrected chi connectivity index (χ2v) is 9.15. The number of nitrogens with zero attached hydrogens (tertiary/aromatic N) is 3. The quantitative estimate of drug-likeness (QED) is 0.635. The summed E-state index contributed by atoms with van der Waals surface area (Å²) in [4.78, 5) is 0.270. The Hall–Kier alpha value is -2.78. The number of nitrogens with one attached hydrogen (secondary N) is 1. The lowest BCUT2D eigenvalue weighted by Gasteiger charge is -2.20. The zero-order valence-electron chi connectivity index (χ0n) is 16.4. The third-order valence-corrected chi connectivity index (χ3v) is 6.93. The molecule has 158 valence electrons. The van der Waals surface area contributed by atoms with E-state index in [2.05, 4.69) is 15.5 Å². The van der Waals surface area contributed by atoms with Gasteiger partial charge in [-0.25, -0.2) is 12.8 Å². The molecule has 0 aliphatic carbocycles. The van der Waals surface area contributed by atoms with Crippen LogP contribution >= 0.6 is 0 Å². The van der Waals surface area contributed by atoms with Gasteiger partial charge in [0, 0.05) is 24.3 Å². The van der Waals surface area contributed by atoms with Gasteiger partial charge in [-0.1, -0.05) is 18.9 Å². The molecule has 0 unspecified atom stereocenters. The molecule has 3 aromatic rings. The minimum absolute atomic E-state index is 0.238. The SMILES string of the molecule is O=S(=O)(c1cccc(NCc2nnc(-c3ccc(F)cc3)o2)c1)N1CCCCCC1. The molecule has 1 aliphatic heterocycles. The molecule has 1 saturated heterocycles. The fourth-order valence-corrected chi connectivity index (χ4v) is 4.97. The Morgan fingerprint density at radius 2 is 1.73 bits per heavy atom. The topological polar surface area (TPSA) is 88.3 Å². The Bertz CT molecular complexity index is 1090. The average Bonchev–Trinajstić information content (AvgIpc) is 3.05. The first-order valence-electron chi connectivity index (χ1n) is 9.95. The van der Waals surface area contributed by atoms with Gasteiger partial charge in [0.25, 0.3) is 0 Å². The van der Waals surface area contributed by atoms with Crippen LogP contribution in [0.5, 0.6) is 0 Å². The molecule has 2 heterocycles. The predicted molar refractivity (Wildman–Crippen MR) is 111 cm³/mol. The molecule has 0 saturated carbocycles. The number of halogens is 1. The first-order valence-corrected chi connectivity index (χ1v) is 11.4. The van der Waals surface area contributed by atoms with Crippen LogP contribution in [0, 0.1) is 5.82 Å². The van der Waals surface area contributed by atoms with E-state index in [1.807, 2.05) is 0 Å². The summed E-state index contributed by atoms with van der Waals surface area (Å²) in [6, 6.07) is 12.5. The standard InChI is InChI=1S/C21H23FN4O3S/c22-17-10-8-16(9-11-17)21-25-24-20(29-21)15-23-18-6-5-7-19(14-18)30(27,28)26-12-3-1-2-4-13-26/h5-11,14,23H,1-4,12-13,15H2. The summed E-state index contributed by atoms with van der Waals surface area (Å²) in [5, 5.41) is 11.1. The summed E-state index contributed by atoms with van der Waals surface area (Å²) in [7, 11) is -3.51. The van der Waals surface area contributed by atoms with Gasteiger partial charge < -0.3 is 9.73 Å². The van der Waals surface area contributed by atoms with E-state index in [-0.39, 0.29) is 17.3 Å². The summed E-state index contributed by atoms with van der Waals surface area (Å²) in [6.45, 7) is 1.36. The number of sulfonamides is 1. The second kappa shape index (κ2) is 8.93. The lowest BCUT2D eigenvalue weighted by atomic mass is 10.2. The molecule has 1 aliphatic rings. The van der Waals surface area contributed by atoms with Crippen molar-refractivity contribution in [2.24, 2.45) is 0 Å². The van der Waals surface area contributed by atoms with Crippen LogP contribution in [-0.4, -0.2) is 36.0 Å². The van der Waals surface area contributed by atoms with E-state index in [0.29, 0.717) is 36.1 Å². The van der Waals surface area contributed by atoms with Crippen molar-refractivity contribution in [3.63, 3.8) is 0 Å². The van der Waals surface area contributed by atoms with Gasteiger partial charge >= 0.3 is 0 Å². The molecule has 1 fully saturated rings. The largest absolute Gasteiger partial charge is 0.419 e. The maximum absolute atomic E-state index is 13.0. The van der Waals surface area contributed by atoms with Crippen molar-refractivity contribution in [1.82, 2.24) is 14.5 Å². The van der Waals surface area contributed by atoms with Gasteiger partial charge in [-0.3, -0.25) is 0 Å². The highest BCUT2D eigenvalue weighted by Gasteiger charge is 2.25. The summed E-state index contributed by atoms with van der Waals surface area (Å²) >= 11 is 0. The van der Waals surface area contributed by atoms with E-state index in [9.17, 15) is 12.8 Å². The third-order valence-electron chi connectivity index (χ3n) is 5.04. The molecule has 9 heteroatoms. The van der Waals surface area contributed by atoms with Crippen LogP contribution in [0.25, 0.3) is 11.5 Å². The number of hydrogen-bond donors (Lipinski definition) is 1. The van der Waals surface area contributed by atoms with Crippen LogP contribution in [0.4, 0.5) is 10.1 Å². The summed E-state index contributed by atoms with van der Waals surface area (Å²) in [6.07, 6.45) is 3.92. The minimum Gasteiger partial charge on any atom is -0.419 e. The average molecular weight is 431 g/mol. The molecule has 7 nitrogen and oxygen atoms in total.